The molecule has 1 N–H and O–H groups in total. The molecule has 4 nitrogen and oxygen atoms in total. The number of fused-ring (bicyclic) bond motifs is 6. The van der Waals surface area contributed by atoms with Crippen molar-refractivity contribution in [1.29, 1.82) is 0 Å². The van der Waals surface area contributed by atoms with E-state index >= 15 is 0 Å². The minimum absolute atomic E-state index is 0.0449. The maximum atomic E-state index is 13.4. The van der Waals surface area contributed by atoms with Crippen molar-refractivity contribution in [2.75, 3.05) is 0 Å². The Hall–Kier alpha value is -2.70. The lowest BCUT2D eigenvalue weighted by Crippen LogP contribution is -2.27. The zero-order valence-corrected chi connectivity index (χ0v) is 17.1. The number of para-hydroxylation sites is 1. The van der Waals surface area contributed by atoms with Crippen LogP contribution in [0.15, 0.2) is 63.2 Å². The van der Waals surface area contributed by atoms with Crippen molar-refractivity contribution in [2.24, 2.45) is 0 Å². The van der Waals surface area contributed by atoms with E-state index in [9.17, 15) is 4.79 Å². The van der Waals surface area contributed by atoms with Gasteiger partial charge in [0.1, 0.15) is 4.83 Å². The van der Waals surface area contributed by atoms with Crippen LogP contribution in [-0.4, -0.2) is 14.5 Å². The summed E-state index contributed by atoms with van der Waals surface area (Å²) in [5.74, 6) is 0.749. The number of nitrogens with one attached hydrogen (secondary N) is 1. The largest absolute Gasteiger partial charge is 0.352 e. The van der Waals surface area contributed by atoms with E-state index in [0.29, 0.717) is 6.54 Å². The minimum atomic E-state index is 0.0449. The van der Waals surface area contributed by atoms with Gasteiger partial charge in [0.05, 0.1) is 11.1 Å². The normalized spacial score (nSPS) is 13.0. The van der Waals surface area contributed by atoms with E-state index in [-0.39, 0.29) is 5.56 Å². The SMILES string of the molecule is O=c1c2c(-c3ccc(Br)cc3)csc2nc2n1CCc1c-2[nH]c2ccccc12. The van der Waals surface area contributed by atoms with Crippen LogP contribution in [0.5, 0.6) is 0 Å². The minimum Gasteiger partial charge on any atom is -0.352 e. The first-order chi connectivity index (χ1) is 13.7. The fourth-order valence-electron chi connectivity index (χ4n) is 4.14. The van der Waals surface area contributed by atoms with Crippen molar-refractivity contribution in [3.8, 4) is 22.6 Å². The predicted molar refractivity (Wildman–Crippen MR) is 118 cm³/mol. The number of thiophene rings is 1. The van der Waals surface area contributed by atoms with Gasteiger partial charge in [-0.2, -0.15) is 0 Å². The Bertz CT molecular complexity index is 1440. The third kappa shape index (κ3) is 2.22. The van der Waals surface area contributed by atoms with Crippen LogP contribution in [0.3, 0.4) is 0 Å². The standard InChI is InChI=1S/C22H14BrN3OS/c23-13-7-5-12(6-8-13)16-11-28-21-18(16)22(27)26-10-9-15-14-3-1-2-4-17(14)24-19(15)20(26)25-21/h1-8,11,24H,9-10H2. The summed E-state index contributed by atoms with van der Waals surface area (Å²) in [5.41, 5.74) is 5.37. The molecule has 0 spiro atoms. The second-order valence-electron chi connectivity index (χ2n) is 7.00. The molecule has 0 atom stereocenters. The summed E-state index contributed by atoms with van der Waals surface area (Å²) in [4.78, 5) is 22.6. The average molecular weight is 448 g/mol. The summed E-state index contributed by atoms with van der Waals surface area (Å²) >= 11 is 5.00. The van der Waals surface area contributed by atoms with Gasteiger partial charge in [-0.3, -0.25) is 9.36 Å². The van der Waals surface area contributed by atoms with Crippen molar-refractivity contribution in [3.05, 3.63) is 74.3 Å². The van der Waals surface area contributed by atoms with Crippen LogP contribution in [0.4, 0.5) is 0 Å². The maximum absolute atomic E-state index is 13.4. The summed E-state index contributed by atoms with van der Waals surface area (Å²) in [5, 5.41) is 3.98. The summed E-state index contributed by atoms with van der Waals surface area (Å²) in [6.45, 7) is 0.654. The number of aromatic amines is 1. The van der Waals surface area contributed by atoms with E-state index in [1.807, 2.05) is 40.3 Å². The van der Waals surface area contributed by atoms with Crippen LogP contribution in [0.2, 0.25) is 0 Å². The van der Waals surface area contributed by atoms with E-state index in [4.69, 9.17) is 4.98 Å². The number of aromatic nitrogens is 3. The van der Waals surface area contributed by atoms with Crippen molar-refractivity contribution >= 4 is 48.4 Å². The molecule has 5 aromatic rings. The van der Waals surface area contributed by atoms with Gasteiger partial charge < -0.3 is 4.98 Å². The average Bonchev–Trinajstić information content (AvgIpc) is 3.31. The van der Waals surface area contributed by atoms with Gasteiger partial charge in [-0.25, -0.2) is 4.98 Å². The lowest BCUT2D eigenvalue weighted by molar-refractivity contribution is 0.653. The molecule has 0 saturated heterocycles. The fourth-order valence-corrected chi connectivity index (χ4v) is 5.34. The van der Waals surface area contributed by atoms with Gasteiger partial charge in [-0.05, 0) is 35.7 Å². The second kappa shape index (κ2) is 5.90. The van der Waals surface area contributed by atoms with Gasteiger partial charge in [0.25, 0.3) is 5.56 Å². The molecule has 0 radical (unpaired) electrons. The van der Waals surface area contributed by atoms with Gasteiger partial charge in [-0.15, -0.1) is 11.3 Å². The van der Waals surface area contributed by atoms with Gasteiger partial charge in [0, 0.05) is 32.9 Å². The van der Waals surface area contributed by atoms with Crippen molar-refractivity contribution < 1.29 is 0 Å². The number of hydrogen-bond donors (Lipinski definition) is 1. The molecule has 0 saturated carbocycles. The second-order valence-corrected chi connectivity index (χ2v) is 8.78. The highest BCUT2D eigenvalue weighted by Crippen LogP contribution is 2.36. The maximum Gasteiger partial charge on any atom is 0.263 e. The van der Waals surface area contributed by atoms with E-state index in [1.165, 1.54) is 22.3 Å². The molecule has 0 aliphatic carbocycles. The Morgan fingerprint density at radius 3 is 2.79 bits per heavy atom. The van der Waals surface area contributed by atoms with E-state index in [0.717, 1.165) is 49.3 Å². The Balaban J connectivity index is 1.63. The fraction of sp³-hybridized carbons (Fsp3) is 0.0909. The number of benzene rings is 2. The summed E-state index contributed by atoms with van der Waals surface area (Å²) in [6, 6.07) is 16.4. The van der Waals surface area contributed by atoms with E-state index in [1.54, 1.807) is 0 Å². The summed E-state index contributed by atoms with van der Waals surface area (Å²) < 4.78 is 2.85. The molecule has 1 aliphatic rings. The number of nitrogens with zero attached hydrogens (tertiary/aromatic N) is 2. The van der Waals surface area contributed by atoms with Gasteiger partial charge in [0.2, 0.25) is 0 Å². The first-order valence-corrected chi connectivity index (χ1v) is 10.8. The van der Waals surface area contributed by atoms with Gasteiger partial charge >= 0.3 is 0 Å². The highest BCUT2D eigenvalue weighted by molar-refractivity contribution is 9.10. The molecular formula is C22H14BrN3OS. The van der Waals surface area contributed by atoms with Crippen molar-refractivity contribution in [1.82, 2.24) is 14.5 Å². The molecule has 0 amide bonds. The van der Waals surface area contributed by atoms with Crippen molar-refractivity contribution in [2.45, 2.75) is 13.0 Å². The monoisotopic (exact) mass is 447 g/mol. The Kier molecular flexibility index (Phi) is 3.43. The smallest absolute Gasteiger partial charge is 0.263 e. The van der Waals surface area contributed by atoms with E-state index in [2.05, 4.69) is 39.1 Å². The molecule has 136 valence electrons. The molecule has 0 fully saturated rings. The molecule has 0 unspecified atom stereocenters. The Morgan fingerprint density at radius 1 is 1.11 bits per heavy atom. The topological polar surface area (TPSA) is 50.7 Å². The molecule has 4 heterocycles. The van der Waals surface area contributed by atoms with Crippen LogP contribution < -0.4 is 5.56 Å². The van der Waals surface area contributed by atoms with Crippen LogP contribution in [0.25, 0.3) is 43.8 Å². The molecule has 6 heteroatoms. The summed E-state index contributed by atoms with van der Waals surface area (Å²) in [7, 11) is 0. The third-order valence-corrected chi connectivity index (χ3v) is 6.87. The predicted octanol–water partition coefficient (Wildman–Crippen LogP) is 5.59. The first-order valence-electron chi connectivity index (χ1n) is 9.08. The third-order valence-electron chi connectivity index (χ3n) is 5.47. The molecule has 1 aliphatic heterocycles. The molecule has 2 aromatic carbocycles. The molecule has 28 heavy (non-hydrogen) atoms. The summed E-state index contributed by atoms with van der Waals surface area (Å²) in [6.07, 6.45) is 0.831. The quantitative estimate of drug-likeness (QED) is 0.363. The van der Waals surface area contributed by atoms with Crippen molar-refractivity contribution in [3.63, 3.8) is 0 Å². The number of halogens is 1. The van der Waals surface area contributed by atoms with Crippen LogP contribution >= 0.6 is 27.3 Å². The number of hydrogen-bond acceptors (Lipinski definition) is 3. The number of rotatable bonds is 1. The van der Waals surface area contributed by atoms with Crippen LogP contribution in [0.1, 0.15) is 5.56 Å². The lowest BCUT2D eigenvalue weighted by Gasteiger charge is -2.18. The number of aryl methyl sites for hydroxylation is 1. The molecule has 6 rings (SSSR count). The Labute approximate surface area is 172 Å². The van der Waals surface area contributed by atoms with Gasteiger partial charge in [-0.1, -0.05) is 46.3 Å². The highest BCUT2D eigenvalue weighted by atomic mass is 79.9. The van der Waals surface area contributed by atoms with Crippen LogP contribution in [-0.2, 0) is 13.0 Å². The Morgan fingerprint density at radius 2 is 1.93 bits per heavy atom. The first kappa shape index (κ1) is 16.3. The molecule has 0 bridgehead atoms. The number of H-pyrrole nitrogens is 1. The van der Waals surface area contributed by atoms with Gasteiger partial charge in [0.15, 0.2) is 5.82 Å². The lowest BCUT2D eigenvalue weighted by atomic mass is 10.0. The molecule has 3 aromatic heterocycles. The van der Waals surface area contributed by atoms with E-state index < -0.39 is 0 Å². The molecular weight excluding hydrogens is 434 g/mol. The highest BCUT2D eigenvalue weighted by Gasteiger charge is 2.25. The van der Waals surface area contributed by atoms with Crippen LogP contribution in [0, 0.1) is 0 Å². The zero-order chi connectivity index (χ0) is 18.8. The zero-order valence-electron chi connectivity index (χ0n) is 14.7.